The van der Waals surface area contributed by atoms with Gasteiger partial charge in [0.2, 0.25) is 5.91 Å². The molecule has 3 amide bonds. The molecule has 0 atom stereocenters. The molecule has 2 rings (SSSR count). The Balaban J connectivity index is 1.99. The molecule has 7 nitrogen and oxygen atoms in total. The summed E-state index contributed by atoms with van der Waals surface area (Å²) in [6, 6.07) is 6.04. The van der Waals surface area contributed by atoms with Crippen LogP contribution in [0, 0.1) is 0 Å². The smallest absolute Gasteiger partial charge is 0.329 e. The van der Waals surface area contributed by atoms with Gasteiger partial charge in [-0.25, -0.2) is 9.59 Å². The molecular weight excluding hydrogens is 274 g/mol. The Kier molecular flexibility index (Phi) is 4.11. The van der Waals surface area contributed by atoms with Gasteiger partial charge in [-0.3, -0.25) is 4.79 Å². The van der Waals surface area contributed by atoms with Gasteiger partial charge in [0, 0.05) is 18.3 Å². The third kappa shape index (κ3) is 3.50. The second kappa shape index (κ2) is 5.82. The van der Waals surface area contributed by atoms with Crippen molar-refractivity contribution in [3.05, 3.63) is 24.3 Å². The Morgan fingerprint density at radius 1 is 1.14 bits per heavy atom. The molecule has 4 N–H and O–H groups in total. The van der Waals surface area contributed by atoms with Crippen LogP contribution >= 0.6 is 0 Å². The summed E-state index contributed by atoms with van der Waals surface area (Å²) < 4.78 is 0. The SMILES string of the molecule is CC(=O)Nc1cccc(NC(=O)NC2(C(=O)O)CCC2)c1. The highest BCUT2D eigenvalue weighted by Crippen LogP contribution is 2.32. The van der Waals surface area contributed by atoms with E-state index in [0.717, 1.165) is 6.42 Å². The normalized spacial score (nSPS) is 15.5. The average Bonchev–Trinajstić information content (AvgIpc) is 2.33. The van der Waals surface area contributed by atoms with Crippen LogP contribution in [-0.4, -0.2) is 28.6 Å². The van der Waals surface area contributed by atoms with Crippen LogP contribution in [-0.2, 0) is 9.59 Å². The Morgan fingerprint density at radius 2 is 1.76 bits per heavy atom. The summed E-state index contributed by atoms with van der Waals surface area (Å²) >= 11 is 0. The molecule has 1 aromatic rings. The minimum absolute atomic E-state index is 0.212. The molecule has 1 aromatic carbocycles. The van der Waals surface area contributed by atoms with Crippen LogP contribution in [0.25, 0.3) is 0 Å². The Labute approximate surface area is 121 Å². The zero-order valence-electron chi connectivity index (χ0n) is 11.6. The van der Waals surface area contributed by atoms with Crippen molar-refractivity contribution in [2.45, 2.75) is 31.7 Å². The lowest BCUT2D eigenvalue weighted by molar-refractivity contribution is -0.148. The van der Waals surface area contributed by atoms with Crippen molar-refractivity contribution in [1.29, 1.82) is 0 Å². The van der Waals surface area contributed by atoms with E-state index >= 15 is 0 Å². The zero-order valence-corrected chi connectivity index (χ0v) is 11.6. The van der Waals surface area contributed by atoms with Crippen molar-refractivity contribution in [3.8, 4) is 0 Å². The van der Waals surface area contributed by atoms with Gasteiger partial charge in [0.05, 0.1) is 0 Å². The van der Waals surface area contributed by atoms with Crippen molar-refractivity contribution in [1.82, 2.24) is 5.32 Å². The van der Waals surface area contributed by atoms with Crippen LogP contribution in [0.4, 0.5) is 16.2 Å². The highest BCUT2D eigenvalue weighted by atomic mass is 16.4. The fraction of sp³-hybridized carbons (Fsp3) is 0.357. The maximum atomic E-state index is 11.9. The summed E-state index contributed by atoms with van der Waals surface area (Å²) in [6.07, 6.45) is 1.65. The van der Waals surface area contributed by atoms with Gasteiger partial charge in [-0.05, 0) is 37.5 Å². The maximum Gasteiger partial charge on any atom is 0.329 e. The van der Waals surface area contributed by atoms with E-state index in [0.29, 0.717) is 24.2 Å². The molecule has 0 heterocycles. The van der Waals surface area contributed by atoms with Gasteiger partial charge >= 0.3 is 12.0 Å². The highest BCUT2D eigenvalue weighted by molar-refractivity contribution is 5.95. The number of amides is 3. The molecule has 0 saturated heterocycles. The van der Waals surface area contributed by atoms with Crippen LogP contribution in [0.15, 0.2) is 24.3 Å². The molecule has 7 heteroatoms. The minimum Gasteiger partial charge on any atom is -0.480 e. The number of hydrogen-bond donors (Lipinski definition) is 4. The van der Waals surface area contributed by atoms with Crippen molar-refractivity contribution in [2.75, 3.05) is 10.6 Å². The predicted molar refractivity (Wildman–Crippen MR) is 77.1 cm³/mol. The number of nitrogens with one attached hydrogen (secondary N) is 3. The Bertz CT molecular complexity index is 581. The average molecular weight is 291 g/mol. The second-order valence-corrected chi connectivity index (χ2v) is 5.08. The third-order valence-corrected chi connectivity index (χ3v) is 3.41. The summed E-state index contributed by atoms with van der Waals surface area (Å²) in [5.41, 5.74) is -0.130. The number of urea groups is 1. The van der Waals surface area contributed by atoms with Crippen LogP contribution in [0.5, 0.6) is 0 Å². The second-order valence-electron chi connectivity index (χ2n) is 5.08. The summed E-state index contributed by atoms with van der Waals surface area (Å²) in [5, 5.41) is 16.8. The Morgan fingerprint density at radius 3 is 2.24 bits per heavy atom. The first kappa shape index (κ1) is 14.8. The first-order valence-electron chi connectivity index (χ1n) is 6.61. The molecule has 21 heavy (non-hydrogen) atoms. The van der Waals surface area contributed by atoms with E-state index in [4.69, 9.17) is 5.11 Å². The van der Waals surface area contributed by atoms with Gasteiger partial charge < -0.3 is 21.1 Å². The monoisotopic (exact) mass is 291 g/mol. The highest BCUT2D eigenvalue weighted by Gasteiger charge is 2.45. The fourth-order valence-electron chi connectivity index (χ4n) is 2.18. The van der Waals surface area contributed by atoms with Crippen LogP contribution < -0.4 is 16.0 Å². The summed E-state index contributed by atoms with van der Waals surface area (Å²) in [6.45, 7) is 1.39. The largest absolute Gasteiger partial charge is 0.480 e. The number of benzene rings is 1. The minimum atomic E-state index is -1.15. The van der Waals surface area contributed by atoms with Gasteiger partial charge in [-0.2, -0.15) is 0 Å². The van der Waals surface area contributed by atoms with Gasteiger partial charge in [0.1, 0.15) is 5.54 Å². The van der Waals surface area contributed by atoms with E-state index in [1.165, 1.54) is 6.92 Å². The van der Waals surface area contributed by atoms with Gasteiger partial charge in [0.15, 0.2) is 0 Å². The zero-order chi connectivity index (χ0) is 15.5. The number of carbonyl (C=O) groups is 3. The first-order valence-corrected chi connectivity index (χ1v) is 6.61. The summed E-state index contributed by atoms with van der Waals surface area (Å²) in [4.78, 5) is 34.0. The quantitative estimate of drug-likeness (QED) is 0.678. The fourth-order valence-corrected chi connectivity index (χ4v) is 2.18. The number of carbonyl (C=O) groups excluding carboxylic acids is 2. The molecular formula is C14H17N3O4. The van der Waals surface area contributed by atoms with Crippen LogP contribution in [0.2, 0.25) is 0 Å². The van der Waals surface area contributed by atoms with E-state index in [1.54, 1.807) is 24.3 Å². The van der Waals surface area contributed by atoms with Crippen LogP contribution in [0.3, 0.4) is 0 Å². The number of carboxylic acids is 1. The van der Waals surface area contributed by atoms with Crippen molar-refractivity contribution < 1.29 is 19.5 Å². The molecule has 1 saturated carbocycles. The number of carboxylic acid groups (broad SMARTS) is 1. The summed E-state index contributed by atoms with van der Waals surface area (Å²) in [5.74, 6) is -1.23. The maximum absolute atomic E-state index is 11.9. The first-order chi connectivity index (χ1) is 9.91. The third-order valence-electron chi connectivity index (χ3n) is 3.41. The molecule has 0 unspecified atom stereocenters. The number of anilines is 2. The van der Waals surface area contributed by atoms with E-state index < -0.39 is 17.5 Å². The number of rotatable bonds is 4. The van der Waals surface area contributed by atoms with E-state index in [9.17, 15) is 14.4 Å². The number of aliphatic carboxylic acids is 1. The molecule has 1 fully saturated rings. The standard InChI is InChI=1S/C14H17N3O4/c1-9(18)15-10-4-2-5-11(8-10)16-13(21)17-14(12(19)20)6-3-7-14/h2,4-5,8H,3,6-7H2,1H3,(H,15,18)(H,19,20)(H2,16,17,21). The molecule has 112 valence electrons. The molecule has 1 aliphatic carbocycles. The van der Waals surface area contributed by atoms with Crippen molar-refractivity contribution in [3.63, 3.8) is 0 Å². The lowest BCUT2D eigenvalue weighted by atomic mass is 9.77. The predicted octanol–water partition coefficient (Wildman–Crippen LogP) is 1.77. The lowest BCUT2D eigenvalue weighted by Gasteiger charge is -2.38. The van der Waals surface area contributed by atoms with Crippen LogP contribution in [0.1, 0.15) is 26.2 Å². The molecule has 1 aliphatic rings. The van der Waals surface area contributed by atoms with Crippen molar-refractivity contribution in [2.24, 2.45) is 0 Å². The Hall–Kier alpha value is -2.57. The van der Waals surface area contributed by atoms with E-state index in [2.05, 4.69) is 16.0 Å². The molecule has 0 bridgehead atoms. The summed E-state index contributed by atoms with van der Waals surface area (Å²) in [7, 11) is 0. The van der Waals surface area contributed by atoms with Gasteiger partial charge in [-0.15, -0.1) is 0 Å². The van der Waals surface area contributed by atoms with Gasteiger partial charge in [-0.1, -0.05) is 6.07 Å². The van der Waals surface area contributed by atoms with Crippen molar-refractivity contribution >= 4 is 29.3 Å². The van der Waals surface area contributed by atoms with Gasteiger partial charge in [0.25, 0.3) is 0 Å². The molecule has 0 spiro atoms. The number of hydrogen-bond acceptors (Lipinski definition) is 3. The molecule has 0 aromatic heterocycles. The molecule has 0 radical (unpaired) electrons. The van der Waals surface area contributed by atoms with E-state index in [-0.39, 0.29) is 5.91 Å². The lowest BCUT2D eigenvalue weighted by Crippen LogP contribution is -2.60. The molecule has 0 aliphatic heterocycles. The topological polar surface area (TPSA) is 108 Å². The van der Waals surface area contributed by atoms with E-state index in [1.807, 2.05) is 0 Å².